The van der Waals surface area contributed by atoms with Gasteiger partial charge in [0.2, 0.25) is 5.91 Å². The molecule has 3 aliphatic rings. The first-order chi connectivity index (χ1) is 10.2. The molecule has 21 heavy (non-hydrogen) atoms. The highest BCUT2D eigenvalue weighted by molar-refractivity contribution is 8.01. The Balaban J connectivity index is 1.37. The van der Waals surface area contributed by atoms with Crippen LogP contribution in [0.4, 0.5) is 0 Å². The fourth-order valence-electron chi connectivity index (χ4n) is 3.36. The SMILES string of the molecule is COCC(=O)N1CC2(C[C@@H](OCC3CCOCC3)CS2)C1. The molecule has 0 aromatic heterocycles. The molecule has 3 fully saturated rings. The van der Waals surface area contributed by atoms with E-state index in [1.54, 1.807) is 7.11 Å². The summed E-state index contributed by atoms with van der Waals surface area (Å²) in [5, 5.41) is 0. The van der Waals surface area contributed by atoms with Crippen molar-refractivity contribution in [3.8, 4) is 0 Å². The Bertz CT molecular complexity index is 367. The van der Waals surface area contributed by atoms with Crippen LogP contribution >= 0.6 is 11.8 Å². The number of hydrogen-bond donors (Lipinski definition) is 0. The van der Waals surface area contributed by atoms with Gasteiger partial charge in [0.25, 0.3) is 0 Å². The fraction of sp³-hybridized carbons (Fsp3) is 0.933. The summed E-state index contributed by atoms with van der Waals surface area (Å²) in [5.74, 6) is 1.84. The first-order valence-corrected chi connectivity index (χ1v) is 8.79. The van der Waals surface area contributed by atoms with E-state index in [9.17, 15) is 4.79 Å². The minimum atomic E-state index is 0.107. The van der Waals surface area contributed by atoms with Gasteiger partial charge in [0.1, 0.15) is 6.61 Å². The molecule has 3 heterocycles. The Labute approximate surface area is 130 Å². The van der Waals surface area contributed by atoms with E-state index in [0.717, 1.165) is 57.9 Å². The van der Waals surface area contributed by atoms with Gasteiger partial charge in [-0.3, -0.25) is 4.79 Å². The predicted molar refractivity (Wildman–Crippen MR) is 81.5 cm³/mol. The van der Waals surface area contributed by atoms with Crippen LogP contribution in [0.5, 0.6) is 0 Å². The van der Waals surface area contributed by atoms with Crippen molar-refractivity contribution in [1.82, 2.24) is 4.90 Å². The number of hydrogen-bond acceptors (Lipinski definition) is 5. The molecule has 0 saturated carbocycles. The Morgan fingerprint density at radius 3 is 2.86 bits per heavy atom. The molecular weight excluding hydrogens is 290 g/mol. The zero-order valence-electron chi connectivity index (χ0n) is 12.7. The summed E-state index contributed by atoms with van der Waals surface area (Å²) in [7, 11) is 1.57. The van der Waals surface area contributed by atoms with Gasteiger partial charge in [0.15, 0.2) is 0 Å². The molecule has 5 nitrogen and oxygen atoms in total. The van der Waals surface area contributed by atoms with Crippen LogP contribution in [0.25, 0.3) is 0 Å². The summed E-state index contributed by atoms with van der Waals surface area (Å²) < 4.78 is 16.6. The average molecular weight is 315 g/mol. The van der Waals surface area contributed by atoms with Crippen molar-refractivity contribution in [2.45, 2.75) is 30.1 Å². The molecule has 3 saturated heterocycles. The van der Waals surface area contributed by atoms with E-state index < -0.39 is 0 Å². The largest absolute Gasteiger partial charge is 0.381 e. The van der Waals surface area contributed by atoms with Crippen LogP contribution in [-0.2, 0) is 19.0 Å². The van der Waals surface area contributed by atoms with Gasteiger partial charge in [-0.15, -0.1) is 11.8 Å². The lowest BCUT2D eigenvalue weighted by molar-refractivity contribution is -0.140. The molecule has 0 bridgehead atoms. The highest BCUT2D eigenvalue weighted by atomic mass is 32.2. The van der Waals surface area contributed by atoms with Crippen LogP contribution < -0.4 is 0 Å². The molecule has 3 aliphatic heterocycles. The third-order valence-corrected chi connectivity index (χ3v) is 6.24. The molecule has 1 amide bonds. The van der Waals surface area contributed by atoms with Gasteiger partial charge in [-0.1, -0.05) is 0 Å². The van der Waals surface area contributed by atoms with Crippen LogP contribution in [0.15, 0.2) is 0 Å². The molecule has 0 aromatic rings. The summed E-state index contributed by atoms with van der Waals surface area (Å²) in [6, 6.07) is 0. The van der Waals surface area contributed by atoms with E-state index in [1.165, 1.54) is 0 Å². The topological polar surface area (TPSA) is 48.0 Å². The van der Waals surface area contributed by atoms with E-state index in [4.69, 9.17) is 14.2 Å². The van der Waals surface area contributed by atoms with Crippen molar-refractivity contribution >= 4 is 17.7 Å². The smallest absolute Gasteiger partial charge is 0.248 e. The minimum Gasteiger partial charge on any atom is -0.381 e. The summed E-state index contributed by atoms with van der Waals surface area (Å²) in [6.07, 6.45) is 3.70. The Morgan fingerprint density at radius 1 is 1.38 bits per heavy atom. The second kappa shape index (κ2) is 6.86. The van der Waals surface area contributed by atoms with Gasteiger partial charge in [-0.05, 0) is 25.2 Å². The maximum Gasteiger partial charge on any atom is 0.248 e. The number of ether oxygens (including phenoxy) is 3. The highest BCUT2D eigenvalue weighted by Crippen LogP contribution is 2.46. The molecule has 0 aliphatic carbocycles. The van der Waals surface area contributed by atoms with Gasteiger partial charge in [0, 0.05) is 45.8 Å². The lowest BCUT2D eigenvalue weighted by Gasteiger charge is -2.47. The first kappa shape index (κ1) is 15.6. The molecular formula is C15H25NO4S. The maximum absolute atomic E-state index is 11.7. The van der Waals surface area contributed by atoms with Crippen LogP contribution in [0.2, 0.25) is 0 Å². The minimum absolute atomic E-state index is 0.107. The van der Waals surface area contributed by atoms with Crippen LogP contribution in [-0.4, -0.2) is 74.0 Å². The van der Waals surface area contributed by atoms with Crippen molar-refractivity contribution in [3.63, 3.8) is 0 Å². The second-order valence-corrected chi connectivity index (χ2v) is 7.88. The molecule has 1 atom stereocenters. The van der Waals surface area contributed by atoms with E-state index in [2.05, 4.69) is 0 Å². The van der Waals surface area contributed by atoms with E-state index in [-0.39, 0.29) is 17.3 Å². The lowest BCUT2D eigenvalue weighted by Crippen LogP contribution is -2.61. The number of likely N-dealkylation sites (tertiary alicyclic amines) is 1. The van der Waals surface area contributed by atoms with Crippen LogP contribution in [0.3, 0.4) is 0 Å². The van der Waals surface area contributed by atoms with Gasteiger partial charge < -0.3 is 19.1 Å². The molecule has 0 radical (unpaired) electrons. The van der Waals surface area contributed by atoms with Crippen LogP contribution in [0.1, 0.15) is 19.3 Å². The van der Waals surface area contributed by atoms with Gasteiger partial charge >= 0.3 is 0 Å². The van der Waals surface area contributed by atoms with Gasteiger partial charge in [-0.2, -0.15) is 0 Å². The number of carbonyl (C=O) groups excluding carboxylic acids is 1. The van der Waals surface area contributed by atoms with E-state index >= 15 is 0 Å². The third-order valence-electron chi connectivity index (χ3n) is 4.66. The van der Waals surface area contributed by atoms with Gasteiger partial charge in [-0.25, -0.2) is 0 Å². The Hall–Kier alpha value is -0.300. The third kappa shape index (κ3) is 3.73. The zero-order valence-corrected chi connectivity index (χ0v) is 13.5. The molecule has 120 valence electrons. The van der Waals surface area contributed by atoms with Crippen LogP contribution in [0, 0.1) is 5.92 Å². The Morgan fingerprint density at radius 2 is 2.14 bits per heavy atom. The summed E-state index contributed by atoms with van der Waals surface area (Å²) >= 11 is 1.98. The molecule has 1 spiro atoms. The number of methoxy groups -OCH3 is 1. The molecule has 0 aromatic carbocycles. The van der Waals surface area contributed by atoms with Crippen molar-refractivity contribution in [2.75, 3.05) is 52.4 Å². The monoisotopic (exact) mass is 315 g/mol. The number of nitrogens with zero attached hydrogens (tertiary/aromatic N) is 1. The lowest BCUT2D eigenvalue weighted by atomic mass is 9.92. The standard InChI is InChI=1S/C15H25NO4S/c1-18-8-14(17)16-10-15(11-16)6-13(9-21-15)20-7-12-2-4-19-5-3-12/h12-13H,2-11H2,1H3/t13-/m1/s1. The van der Waals surface area contributed by atoms with Crippen molar-refractivity contribution in [1.29, 1.82) is 0 Å². The average Bonchev–Trinajstić information content (AvgIpc) is 2.89. The molecule has 6 heteroatoms. The summed E-state index contributed by atoms with van der Waals surface area (Å²) in [4.78, 5) is 13.6. The quantitative estimate of drug-likeness (QED) is 0.762. The van der Waals surface area contributed by atoms with E-state index in [0.29, 0.717) is 12.0 Å². The normalized spacial score (nSPS) is 28.8. The van der Waals surface area contributed by atoms with Crippen molar-refractivity contribution in [2.24, 2.45) is 5.92 Å². The highest BCUT2D eigenvalue weighted by Gasteiger charge is 2.50. The molecule has 0 unspecified atom stereocenters. The van der Waals surface area contributed by atoms with Crippen molar-refractivity contribution < 1.29 is 19.0 Å². The van der Waals surface area contributed by atoms with E-state index in [1.807, 2.05) is 16.7 Å². The number of rotatable bonds is 5. The zero-order chi connectivity index (χ0) is 14.7. The Kier molecular flexibility index (Phi) is 5.09. The number of amides is 1. The predicted octanol–water partition coefficient (Wildman–Crippen LogP) is 1.16. The van der Waals surface area contributed by atoms with Gasteiger partial charge in [0.05, 0.1) is 10.9 Å². The molecule has 3 rings (SSSR count). The number of thioether (sulfide) groups is 1. The fourth-order valence-corrected chi connectivity index (χ4v) is 4.91. The van der Waals surface area contributed by atoms with Crippen molar-refractivity contribution in [3.05, 3.63) is 0 Å². The second-order valence-electron chi connectivity index (χ2n) is 6.39. The summed E-state index contributed by atoms with van der Waals surface area (Å²) in [6.45, 7) is 4.55. The molecule has 0 N–H and O–H groups in total. The summed E-state index contributed by atoms with van der Waals surface area (Å²) in [5.41, 5.74) is 0. The maximum atomic E-state index is 11.7. The number of carbonyl (C=O) groups is 1. The first-order valence-electron chi connectivity index (χ1n) is 7.81.